The first-order valence-electron chi connectivity index (χ1n) is 6.77. The van der Waals surface area contributed by atoms with Crippen LogP contribution < -0.4 is 5.32 Å². The summed E-state index contributed by atoms with van der Waals surface area (Å²) in [6.45, 7) is 2.23. The molecule has 1 aromatic rings. The van der Waals surface area contributed by atoms with Crippen LogP contribution in [0.3, 0.4) is 0 Å². The monoisotopic (exact) mass is 285 g/mol. The molecule has 100 valence electrons. The lowest BCUT2D eigenvalue weighted by Crippen LogP contribution is -2.51. The van der Waals surface area contributed by atoms with Crippen molar-refractivity contribution in [2.24, 2.45) is 0 Å². The third kappa shape index (κ3) is 2.29. The van der Waals surface area contributed by atoms with Crippen molar-refractivity contribution < 1.29 is 0 Å². The van der Waals surface area contributed by atoms with Gasteiger partial charge in [0.1, 0.15) is 0 Å². The molecule has 0 amide bonds. The van der Waals surface area contributed by atoms with Gasteiger partial charge < -0.3 is 5.32 Å². The Morgan fingerprint density at radius 2 is 2.06 bits per heavy atom. The molecule has 2 rings (SSSR count). The van der Waals surface area contributed by atoms with E-state index in [0.29, 0.717) is 11.1 Å². The van der Waals surface area contributed by atoms with Gasteiger partial charge in [-0.1, -0.05) is 55.1 Å². The summed E-state index contributed by atoms with van der Waals surface area (Å²) >= 11 is 12.6. The Labute approximate surface area is 120 Å². The predicted octanol–water partition coefficient (Wildman–Crippen LogP) is 4.80. The Morgan fingerprint density at radius 1 is 1.33 bits per heavy atom. The molecule has 1 saturated carbocycles. The molecule has 0 bridgehead atoms. The average Bonchev–Trinajstić information content (AvgIpc) is 2.31. The van der Waals surface area contributed by atoms with E-state index in [1.165, 1.54) is 37.7 Å². The smallest absolute Gasteiger partial charge is 0.0630 e. The van der Waals surface area contributed by atoms with Gasteiger partial charge in [0.2, 0.25) is 0 Å². The highest BCUT2D eigenvalue weighted by atomic mass is 35.5. The van der Waals surface area contributed by atoms with E-state index in [-0.39, 0.29) is 5.41 Å². The first-order valence-corrected chi connectivity index (χ1v) is 7.53. The number of halogens is 2. The molecule has 1 aliphatic rings. The minimum Gasteiger partial charge on any atom is -0.316 e. The van der Waals surface area contributed by atoms with E-state index in [4.69, 9.17) is 23.2 Å². The molecule has 0 radical (unpaired) electrons. The normalized spacial score (nSPS) is 19.3. The maximum absolute atomic E-state index is 6.43. The molecule has 0 spiro atoms. The zero-order chi connectivity index (χ0) is 13.2. The minimum atomic E-state index is 0.187. The first kappa shape index (κ1) is 14.2. The molecule has 1 nitrogen and oxygen atoms in total. The summed E-state index contributed by atoms with van der Waals surface area (Å²) in [6, 6.07) is 6.52. The Hall–Kier alpha value is -0.240. The first-order chi connectivity index (χ1) is 8.65. The average molecular weight is 286 g/mol. The summed E-state index contributed by atoms with van der Waals surface area (Å²) in [4.78, 5) is 0. The van der Waals surface area contributed by atoms with E-state index >= 15 is 0 Å². The van der Waals surface area contributed by atoms with Crippen LogP contribution in [0.4, 0.5) is 0 Å². The predicted molar refractivity (Wildman–Crippen MR) is 79.7 cm³/mol. The van der Waals surface area contributed by atoms with Crippen molar-refractivity contribution in [3.05, 3.63) is 33.8 Å². The fourth-order valence-corrected chi connectivity index (χ4v) is 3.73. The van der Waals surface area contributed by atoms with E-state index in [0.717, 1.165) is 5.02 Å². The number of benzene rings is 1. The molecule has 1 N–H and O–H groups in total. The number of hydrogen-bond acceptors (Lipinski definition) is 1. The van der Waals surface area contributed by atoms with Gasteiger partial charge in [0, 0.05) is 11.5 Å². The summed E-state index contributed by atoms with van der Waals surface area (Å²) in [7, 11) is 2.05. The Bertz CT molecular complexity index is 413. The zero-order valence-electron chi connectivity index (χ0n) is 11.1. The highest BCUT2D eigenvalue weighted by Crippen LogP contribution is 2.50. The number of nitrogens with one attached hydrogen (secondary N) is 1. The second-order valence-electron chi connectivity index (χ2n) is 5.24. The van der Waals surface area contributed by atoms with Gasteiger partial charge in [0.15, 0.2) is 0 Å². The molecule has 18 heavy (non-hydrogen) atoms. The number of hydrogen-bond donors (Lipinski definition) is 1. The second kappa shape index (κ2) is 5.81. The van der Waals surface area contributed by atoms with Gasteiger partial charge in [0.05, 0.1) is 10.0 Å². The highest BCUT2D eigenvalue weighted by molar-refractivity contribution is 6.42. The van der Waals surface area contributed by atoms with Gasteiger partial charge in [-0.25, -0.2) is 0 Å². The van der Waals surface area contributed by atoms with Crippen LogP contribution in [0.2, 0.25) is 10.0 Å². The van der Waals surface area contributed by atoms with Crippen molar-refractivity contribution >= 4 is 23.2 Å². The van der Waals surface area contributed by atoms with Crippen molar-refractivity contribution in [3.63, 3.8) is 0 Å². The Morgan fingerprint density at radius 3 is 2.56 bits per heavy atom. The summed E-state index contributed by atoms with van der Waals surface area (Å²) in [5.41, 5.74) is 1.42. The molecule has 0 aromatic heterocycles. The fourth-order valence-electron chi connectivity index (χ4n) is 3.24. The van der Waals surface area contributed by atoms with Crippen LogP contribution in [0, 0.1) is 0 Å². The molecule has 1 atom stereocenters. The standard InChI is InChI=1S/C15H21Cl2N/c1-3-6-13(18-2)15(9-5-10-15)11-7-4-8-12(16)14(11)17/h4,7-8,13,18H,3,5-6,9-10H2,1-2H3. The third-order valence-electron chi connectivity index (χ3n) is 4.33. The topological polar surface area (TPSA) is 12.0 Å². The molecule has 0 heterocycles. The van der Waals surface area contributed by atoms with Crippen molar-refractivity contribution in [3.8, 4) is 0 Å². The SMILES string of the molecule is CCCC(NC)C1(c2cccc(Cl)c2Cl)CCC1. The molecule has 1 aliphatic carbocycles. The van der Waals surface area contributed by atoms with Gasteiger partial charge in [-0.05, 0) is 37.9 Å². The Balaban J connectivity index is 2.40. The van der Waals surface area contributed by atoms with Crippen LogP contribution in [0.5, 0.6) is 0 Å². The molecular weight excluding hydrogens is 265 g/mol. The van der Waals surface area contributed by atoms with Gasteiger partial charge in [-0.15, -0.1) is 0 Å². The van der Waals surface area contributed by atoms with Crippen LogP contribution in [-0.2, 0) is 5.41 Å². The van der Waals surface area contributed by atoms with E-state index in [1.54, 1.807) is 0 Å². The summed E-state index contributed by atoms with van der Waals surface area (Å²) in [6.07, 6.45) is 6.06. The van der Waals surface area contributed by atoms with E-state index in [2.05, 4.69) is 25.4 Å². The van der Waals surface area contributed by atoms with Crippen molar-refractivity contribution in [1.82, 2.24) is 5.32 Å². The maximum Gasteiger partial charge on any atom is 0.0630 e. The van der Waals surface area contributed by atoms with Crippen LogP contribution >= 0.6 is 23.2 Å². The minimum absolute atomic E-state index is 0.187. The number of rotatable bonds is 5. The van der Waals surface area contributed by atoms with Crippen LogP contribution in [-0.4, -0.2) is 13.1 Å². The molecule has 1 unspecified atom stereocenters. The highest BCUT2D eigenvalue weighted by Gasteiger charge is 2.45. The fraction of sp³-hybridized carbons (Fsp3) is 0.600. The molecular formula is C15H21Cl2N. The largest absolute Gasteiger partial charge is 0.316 e. The van der Waals surface area contributed by atoms with Gasteiger partial charge in [-0.2, -0.15) is 0 Å². The summed E-state index contributed by atoms with van der Waals surface area (Å²) < 4.78 is 0. The van der Waals surface area contributed by atoms with Crippen LogP contribution in [0.25, 0.3) is 0 Å². The third-order valence-corrected chi connectivity index (χ3v) is 5.15. The van der Waals surface area contributed by atoms with E-state index in [1.807, 2.05) is 12.1 Å². The zero-order valence-corrected chi connectivity index (χ0v) is 12.6. The Kier molecular flexibility index (Phi) is 4.58. The van der Waals surface area contributed by atoms with Gasteiger partial charge in [0.25, 0.3) is 0 Å². The van der Waals surface area contributed by atoms with Gasteiger partial charge in [-0.3, -0.25) is 0 Å². The lowest BCUT2D eigenvalue weighted by molar-refractivity contribution is 0.167. The van der Waals surface area contributed by atoms with Crippen LogP contribution in [0.1, 0.15) is 44.6 Å². The molecule has 1 fully saturated rings. The summed E-state index contributed by atoms with van der Waals surface area (Å²) in [5.74, 6) is 0. The number of likely N-dealkylation sites (N-methyl/N-ethyl adjacent to an activating group) is 1. The molecule has 0 saturated heterocycles. The van der Waals surface area contributed by atoms with E-state index in [9.17, 15) is 0 Å². The lowest BCUT2D eigenvalue weighted by atomic mass is 9.59. The van der Waals surface area contributed by atoms with Crippen LogP contribution in [0.15, 0.2) is 18.2 Å². The van der Waals surface area contributed by atoms with Crippen molar-refractivity contribution in [2.75, 3.05) is 7.05 Å². The van der Waals surface area contributed by atoms with Crippen molar-refractivity contribution in [1.29, 1.82) is 0 Å². The molecule has 3 heteroatoms. The lowest BCUT2D eigenvalue weighted by Gasteiger charge is -2.49. The maximum atomic E-state index is 6.43. The molecule has 1 aromatic carbocycles. The summed E-state index contributed by atoms with van der Waals surface area (Å²) in [5, 5.41) is 4.91. The van der Waals surface area contributed by atoms with Gasteiger partial charge >= 0.3 is 0 Å². The second-order valence-corrected chi connectivity index (χ2v) is 6.03. The quantitative estimate of drug-likeness (QED) is 0.819. The van der Waals surface area contributed by atoms with E-state index < -0.39 is 0 Å². The molecule has 0 aliphatic heterocycles. The van der Waals surface area contributed by atoms with Crippen molar-refractivity contribution in [2.45, 2.75) is 50.5 Å².